The summed E-state index contributed by atoms with van der Waals surface area (Å²) in [5.74, 6) is -0.417. The number of likely N-dealkylation sites (tertiary alicyclic amines) is 1. The summed E-state index contributed by atoms with van der Waals surface area (Å²) in [6, 6.07) is 8.29. The Morgan fingerprint density at radius 1 is 1.34 bits per heavy atom. The molecule has 0 unspecified atom stereocenters. The number of carbonyl (C=O) groups excluding carboxylic acids is 2. The molecule has 0 aliphatic carbocycles. The van der Waals surface area contributed by atoms with E-state index in [-0.39, 0.29) is 17.8 Å². The van der Waals surface area contributed by atoms with Crippen molar-refractivity contribution in [3.05, 3.63) is 52.9 Å². The fourth-order valence-electron chi connectivity index (χ4n) is 3.90. The van der Waals surface area contributed by atoms with Crippen LogP contribution in [0.5, 0.6) is 0 Å². The van der Waals surface area contributed by atoms with Gasteiger partial charge in [0.2, 0.25) is 0 Å². The minimum Gasteiger partial charge on any atom is -0.357 e. The molecule has 1 aromatic carbocycles. The number of aromatic nitrogens is 3. The van der Waals surface area contributed by atoms with Crippen molar-refractivity contribution in [3.63, 3.8) is 0 Å². The molecule has 0 spiro atoms. The van der Waals surface area contributed by atoms with Crippen molar-refractivity contribution in [2.24, 2.45) is 0 Å². The van der Waals surface area contributed by atoms with Crippen LogP contribution in [0.15, 0.2) is 36.5 Å². The lowest BCUT2D eigenvalue weighted by atomic mass is 10.0. The molecule has 3 amide bonds. The molecule has 32 heavy (non-hydrogen) atoms. The lowest BCUT2D eigenvalue weighted by Gasteiger charge is -2.37. The molecular weight excluding hydrogens is 442 g/mol. The normalized spacial score (nSPS) is 16.5. The van der Waals surface area contributed by atoms with Crippen LogP contribution in [0, 0.1) is 0 Å². The van der Waals surface area contributed by atoms with Crippen molar-refractivity contribution >= 4 is 34.4 Å². The minimum absolute atomic E-state index is 0.0306. The van der Waals surface area contributed by atoms with E-state index in [9.17, 15) is 18.4 Å². The SMILES string of the molecule is CN(C(=O)NCc1cc2cc(Cl)ccc2[nH]1)[C@@H]1CCCN(C(=O)c2ccn(C(F)F)n2)C1. The lowest BCUT2D eigenvalue weighted by Crippen LogP contribution is -2.52. The fourth-order valence-corrected chi connectivity index (χ4v) is 4.08. The van der Waals surface area contributed by atoms with Gasteiger partial charge in [-0.05, 0) is 43.2 Å². The van der Waals surface area contributed by atoms with Crippen LogP contribution >= 0.6 is 11.6 Å². The Morgan fingerprint density at radius 3 is 2.91 bits per heavy atom. The molecule has 3 aromatic rings. The maximum absolute atomic E-state index is 12.7. The van der Waals surface area contributed by atoms with Crippen molar-refractivity contribution in [2.45, 2.75) is 32.0 Å². The predicted octanol–water partition coefficient (Wildman–Crippen LogP) is 3.86. The monoisotopic (exact) mass is 464 g/mol. The zero-order valence-corrected chi connectivity index (χ0v) is 18.1. The molecule has 2 aromatic heterocycles. The van der Waals surface area contributed by atoms with Gasteiger partial charge >= 0.3 is 12.6 Å². The van der Waals surface area contributed by atoms with Crippen LogP contribution in [0.25, 0.3) is 10.9 Å². The number of rotatable bonds is 5. The molecule has 8 nitrogen and oxygen atoms in total. The number of aromatic amines is 1. The summed E-state index contributed by atoms with van der Waals surface area (Å²) in [6.45, 7) is -1.68. The standard InChI is InChI=1S/C21H23ClF2N6O2/c1-28(21(32)25-11-15-10-13-9-14(22)4-5-17(13)26-15)16-3-2-7-29(12-16)19(31)18-6-8-30(27-18)20(23)24/h4-6,8-10,16,20,26H,2-3,7,11-12H2,1H3,(H,25,32)/t16-/m1/s1. The first-order chi connectivity index (χ1) is 15.3. The van der Waals surface area contributed by atoms with Crippen molar-refractivity contribution in [1.82, 2.24) is 29.9 Å². The summed E-state index contributed by atoms with van der Waals surface area (Å²) in [5, 5.41) is 8.14. The topological polar surface area (TPSA) is 86.3 Å². The number of benzene rings is 1. The van der Waals surface area contributed by atoms with E-state index in [4.69, 9.17) is 11.6 Å². The Kier molecular flexibility index (Phi) is 6.31. The number of amides is 3. The smallest absolute Gasteiger partial charge is 0.333 e. The molecule has 11 heteroatoms. The summed E-state index contributed by atoms with van der Waals surface area (Å²) < 4.78 is 25.9. The van der Waals surface area contributed by atoms with Gasteiger partial charge in [-0.2, -0.15) is 13.9 Å². The number of piperidine rings is 1. The number of likely N-dealkylation sites (N-methyl/N-ethyl adjacent to an activating group) is 1. The number of nitrogens with zero attached hydrogens (tertiary/aromatic N) is 4. The largest absolute Gasteiger partial charge is 0.357 e. The number of carbonyl (C=O) groups is 2. The van der Waals surface area contributed by atoms with Gasteiger partial charge in [-0.3, -0.25) is 4.79 Å². The highest BCUT2D eigenvalue weighted by atomic mass is 35.5. The third-order valence-corrected chi connectivity index (χ3v) is 5.88. The van der Waals surface area contributed by atoms with Gasteiger partial charge in [0, 0.05) is 48.0 Å². The molecule has 0 saturated carbocycles. The quantitative estimate of drug-likeness (QED) is 0.601. The van der Waals surface area contributed by atoms with Crippen molar-refractivity contribution in [1.29, 1.82) is 0 Å². The van der Waals surface area contributed by atoms with Crippen LogP contribution < -0.4 is 5.32 Å². The maximum atomic E-state index is 12.7. The Hall–Kier alpha value is -3.14. The molecule has 1 fully saturated rings. The van der Waals surface area contributed by atoms with E-state index < -0.39 is 12.5 Å². The van der Waals surface area contributed by atoms with Gasteiger partial charge in [0.25, 0.3) is 5.91 Å². The van der Waals surface area contributed by atoms with E-state index in [1.54, 1.807) is 22.9 Å². The van der Waals surface area contributed by atoms with E-state index in [2.05, 4.69) is 15.4 Å². The lowest BCUT2D eigenvalue weighted by molar-refractivity contribution is 0.0535. The van der Waals surface area contributed by atoms with E-state index in [0.717, 1.165) is 29.2 Å². The van der Waals surface area contributed by atoms with Gasteiger partial charge in [-0.15, -0.1) is 0 Å². The molecule has 1 aliphatic heterocycles. The Morgan fingerprint density at radius 2 is 2.16 bits per heavy atom. The molecule has 0 radical (unpaired) electrons. The fraction of sp³-hybridized carbons (Fsp3) is 0.381. The summed E-state index contributed by atoms with van der Waals surface area (Å²) in [7, 11) is 1.68. The van der Waals surface area contributed by atoms with Crippen molar-refractivity contribution < 1.29 is 18.4 Å². The summed E-state index contributed by atoms with van der Waals surface area (Å²) in [5.41, 5.74) is 1.75. The second-order valence-corrected chi connectivity index (χ2v) is 8.24. The van der Waals surface area contributed by atoms with Crippen LogP contribution in [0.4, 0.5) is 13.6 Å². The number of fused-ring (bicyclic) bond motifs is 1. The summed E-state index contributed by atoms with van der Waals surface area (Å²) in [4.78, 5) is 31.7. The van der Waals surface area contributed by atoms with Crippen LogP contribution in [-0.4, -0.2) is 62.7 Å². The molecule has 3 heterocycles. The summed E-state index contributed by atoms with van der Waals surface area (Å²) >= 11 is 6.01. The van der Waals surface area contributed by atoms with E-state index >= 15 is 0 Å². The first kappa shape index (κ1) is 22.1. The second kappa shape index (κ2) is 9.15. The molecule has 0 bridgehead atoms. The number of urea groups is 1. The third kappa shape index (κ3) is 4.69. The van der Waals surface area contributed by atoms with Gasteiger partial charge in [-0.1, -0.05) is 11.6 Å². The second-order valence-electron chi connectivity index (χ2n) is 7.80. The Balaban J connectivity index is 1.34. The highest BCUT2D eigenvalue weighted by Gasteiger charge is 2.30. The third-order valence-electron chi connectivity index (χ3n) is 5.65. The zero-order valence-electron chi connectivity index (χ0n) is 17.4. The molecule has 2 N–H and O–H groups in total. The number of nitrogens with one attached hydrogen (secondary N) is 2. The first-order valence-corrected chi connectivity index (χ1v) is 10.6. The summed E-state index contributed by atoms with van der Waals surface area (Å²) in [6.07, 6.45) is 2.52. The average Bonchev–Trinajstić information content (AvgIpc) is 3.43. The van der Waals surface area contributed by atoms with Crippen LogP contribution in [-0.2, 0) is 6.54 Å². The number of alkyl halides is 2. The zero-order chi connectivity index (χ0) is 22.8. The molecule has 4 rings (SSSR count). The van der Waals surface area contributed by atoms with E-state index in [1.807, 2.05) is 18.2 Å². The highest BCUT2D eigenvalue weighted by molar-refractivity contribution is 6.31. The Bertz CT molecular complexity index is 1130. The number of H-pyrrole nitrogens is 1. The van der Waals surface area contributed by atoms with Crippen molar-refractivity contribution in [3.8, 4) is 0 Å². The van der Waals surface area contributed by atoms with Gasteiger partial charge in [-0.25, -0.2) is 9.48 Å². The number of hydrogen-bond donors (Lipinski definition) is 2. The van der Waals surface area contributed by atoms with Crippen molar-refractivity contribution in [2.75, 3.05) is 20.1 Å². The van der Waals surface area contributed by atoms with Gasteiger partial charge in [0.05, 0.1) is 12.6 Å². The Labute approximate surface area is 188 Å². The van der Waals surface area contributed by atoms with Gasteiger partial charge < -0.3 is 20.1 Å². The first-order valence-electron chi connectivity index (χ1n) is 10.2. The van der Waals surface area contributed by atoms with E-state index in [1.165, 1.54) is 6.07 Å². The van der Waals surface area contributed by atoms with Crippen LogP contribution in [0.2, 0.25) is 5.02 Å². The number of hydrogen-bond acceptors (Lipinski definition) is 3. The van der Waals surface area contributed by atoms with Gasteiger partial charge in [0.1, 0.15) is 0 Å². The molecule has 170 valence electrons. The van der Waals surface area contributed by atoms with Crippen LogP contribution in [0.3, 0.4) is 0 Å². The highest BCUT2D eigenvalue weighted by Crippen LogP contribution is 2.21. The van der Waals surface area contributed by atoms with Crippen LogP contribution in [0.1, 0.15) is 35.6 Å². The number of halogens is 3. The minimum atomic E-state index is -2.80. The van der Waals surface area contributed by atoms with Gasteiger partial charge in [0.15, 0.2) is 5.69 Å². The average molecular weight is 465 g/mol. The molecule has 1 aliphatic rings. The predicted molar refractivity (Wildman–Crippen MR) is 116 cm³/mol. The molecule has 1 atom stereocenters. The van der Waals surface area contributed by atoms with E-state index in [0.29, 0.717) is 35.8 Å². The molecular formula is C21H23ClF2N6O2. The molecule has 1 saturated heterocycles. The maximum Gasteiger partial charge on any atom is 0.333 e.